The van der Waals surface area contributed by atoms with E-state index in [0.29, 0.717) is 31.7 Å². The van der Waals surface area contributed by atoms with Crippen LogP contribution in [0.25, 0.3) is 0 Å². The molecule has 3 rings (SSSR count). The minimum Gasteiger partial charge on any atom is -0.445 e. The van der Waals surface area contributed by atoms with E-state index in [0.717, 1.165) is 37.8 Å². The monoisotopic (exact) mass is 345 g/mol. The molecule has 2 aliphatic rings. The molecule has 0 radical (unpaired) electrons. The molecule has 1 aliphatic heterocycles. The summed E-state index contributed by atoms with van der Waals surface area (Å²) in [6.45, 7) is 2.42. The zero-order chi connectivity index (χ0) is 17.6. The van der Waals surface area contributed by atoms with E-state index in [4.69, 9.17) is 10.5 Å². The van der Waals surface area contributed by atoms with E-state index >= 15 is 0 Å². The van der Waals surface area contributed by atoms with Gasteiger partial charge >= 0.3 is 6.09 Å². The molecular formula is C19H27N3O3. The van der Waals surface area contributed by atoms with Gasteiger partial charge in [0.1, 0.15) is 6.61 Å². The molecule has 6 nitrogen and oxygen atoms in total. The van der Waals surface area contributed by atoms with Crippen molar-refractivity contribution in [1.82, 2.24) is 9.80 Å². The summed E-state index contributed by atoms with van der Waals surface area (Å²) in [7, 11) is 0. The number of rotatable bonds is 6. The van der Waals surface area contributed by atoms with Crippen molar-refractivity contribution in [3.8, 4) is 0 Å². The first-order valence-corrected chi connectivity index (χ1v) is 9.12. The van der Waals surface area contributed by atoms with E-state index in [-0.39, 0.29) is 18.5 Å². The molecule has 0 spiro atoms. The first-order chi connectivity index (χ1) is 12.2. The highest BCUT2D eigenvalue weighted by Crippen LogP contribution is 2.29. The number of amides is 2. The molecular weight excluding hydrogens is 318 g/mol. The lowest BCUT2D eigenvalue weighted by molar-refractivity contribution is -0.131. The smallest absolute Gasteiger partial charge is 0.410 e. The van der Waals surface area contributed by atoms with E-state index in [9.17, 15) is 9.59 Å². The number of benzene rings is 1. The fraction of sp³-hybridized carbons (Fsp3) is 0.579. The second kappa shape index (κ2) is 8.34. The minimum atomic E-state index is -0.267. The molecule has 2 N–H and O–H groups in total. The lowest BCUT2D eigenvalue weighted by atomic mass is 9.97. The Labute approximate surface area is 148 Å². The average molecular weight is 345 g/mol. The van der Waals surface area contributed by atoms with Crippen LogP contribution in [0.4, 0.5) is 4.79 Å². The van der Waals surface area contributed by atoms with Gasteiger partial charge in [0, 0.05) is 25.7 Å². The third-order valence-electron chi connectivity index (χ3n) is 4.92. The van der Waals surface area contributed by atoms with Crippen molar-refractivity contribution in [1.29, 1.82) is 0 Å². The molecule has 1 aromatic carbocycles. The van der Waals surface area contributed by atoms with E-state index < -0.39 is 0 Å². The Bertz CT molecular complexity index is 589. The summed E-state index contributed by atoms with van der Waals surface area (Å²) < 4.78 is 5.44. The molecule has 0 bridgehead atoms. The number of carbonyl (C=O) groups excluding carboxylic acids is 2. The van der Waals surface area contributed by atoms with Gasteiger partial charge in [0.2, 0.25) is 5.91 Å². The Kier molecular flexibility index (Phi) is 5.91. The van der Waals surface area contributed by atoms with Gasteiger partial charge in [-0.05, 0) is 37.2 Å². The van der Waals surface area contributed by atoms with Crippen LogP contribution in [-0.4, -0.2) is 54.0 Å². The summed E-state index contributed by atoms with van der Waals surface area (Å²) in [5.74, 6) is 0.320. The Morgan fingerprint density at radius 3 is 2.64 bits per heavy atom. The van der Waals surface area contributed by atoms with Crippen molar-refractivity contribution < 1.29 is 14.3 Å². The van der Waals surface area contributed by atoms with Gasteiger partial charge in [-0.2, -0.15) is 0 Å². The van der Waals surface area contributed by atoms with Gasteiger partial charge in [-0.15, -0.1) is 0 Å². The number of hydrogen-bond donors (Lipinski definition) is 1. The highest BCUT2D eigenvalue weighted by molar-refractivity contribution is 5.78. The van der Waals surface area contributed by atoms with Gasteiger partial charge < -0.3 is 20.3 Å². The van der Waals surface area contributed by atoms with Gasteiger partial charge in [0.05, 0.1) is 6.54 Å². The zero-order valence-electron chi connectivity index (χ0n) is 14.6. The van der Waals surface area contributed by atoms with Crippen molar-refractivity contribution in [3.05, 3.63) is 35.9 Å². The van der Waals surface area contributed by atoms with Crippen LogP contribution in [-0.2, 0) is 16.1 Å². The van der Waals surface area contributed by atoms with Crippen molar-refractivity contribution >= 4 is 12.0 Å². The van der Waals surface area contributed by atoms with Crippen LogP contribution in [0.5, 0.6) is 0 Å². The first kappa shape index (κ1) is 17.7. The summed E-state index contributed by atoms with van der Waals surface area (Å²) >= 11 is 0. The van der Waals surface area contributed by atoms with Crippen molar-refractivity contribution in [2.45, 2.75) is 38.3 Å². The third-order valence-corrected chi connectivity index (χ3v) is 4.92. The van der Waals surface area contributed by atoms with Crippen LogP contribution < -0.4 is 5.73 Å². The summed E-state index contributed by atoms with van der Waals surface area (Å²) in [6, 6.07) is 10.0. The standard InChI is InChI=1S/C19H27N3O3/c20-11-18(23)22(17-8-9-17)13-16-7-4-10-21(12-16)19(24)25-14-15-5-2-1-3-6-15/h1-3,5-6,16-17H,4,7-14,20H2. The molecule has 1 heterocycles. The number of hydrogen-bond acceptors (Lipinski definition) is 4. The average Bonchev–Trinajstić information content (AvgIpc) is 3.49. The van der Waals surface area contributed by atoms with Gasteiger partial charge in [0.15, 0.2) is 0 Å². The number of piperidine rings is 1. The molecule has 6 heteroatoms. The van der Waals surface area contributed by atoms with Crippen LogP contribution in [0.1, 0.15) is 31.2 Å². The maximum atomic E-state index is 12.3. The molecule has 0 aromatic heterocycles. The predicted octanol–water partition coefficient (Wildman–Crippen LogP) is 1.98. The van der Waals surface area contributed by atoms with Crippen LogP contribution in [0, 0.1) is 5.92 Å². The number of nitrogens with zero attached hydrogens (tertiary/aromatic N) is 2. The number of carbonyl (C=O) groups is 2. The number of nitrogens with two attached hydrogens (primary N) is 1. The quantitative estimate of drug-likeness (QED) is 0.855. The lowest BCUT2D eigenvalue weighted by Gasteiger charge is -2.35. The summed E-state index contributed by atoms with van der Waals surface area (Å²) in [5, 5.41) is 0. The largest absolute Gasteiger partial charge is 0.445 e. The summed E-state index contributed by atoms with van der Waals surface area (Å²) in [6.07, 6.45) is 3.85. The Morgan fingerprint density at radius 1 is 1.20 bits per heavy atom. The molecule has 2 fully saturated rings. The molecule has 136 valence electrons. The molecule has 1 unspecified atom stereocenters. The fourth-order valence-corrected chi connectivity index (χ4v) is 3.43. The second-order valence-corrected chi connectivity index (χ2v) is 6.98. The maximum Gasteiger partial charge on any atom is 0.410 e. The van der Waals surface area contributed by atoms with E-state index in [1.165, 1.54) is 0 Å². The molecule has 1 aliphatic carbocycles. The van der Waals surface area contributed by atoms with Crippen molar-refractivity contribution in [3.63, 3.8) is 0 Å². The molecule has 1 aromatic rings. The molecule has 1 saturated carbocycles. The first-order valence-electron chi connectivity index (χ1n) is 9.12. The highest BCUT2D eigenvalue weighted by Gasteiger charge is 2.35. The van der Waals surface area contributed by atoms with Crippen LogP contribution in [0.15, 0.2) is 30.3 Å². The number of ether oxygens (including phenoxy) is 1. The predicted molar refractivity (Wildman–Crippen MR) is 94.7 cm³/mol. The number of likely N-dealkylation sites (tertiary alicyclic amines) is 1. The van der Waals surface area contributed by atoms with Crippen LogP contribution >= 0.6 is 0 Å². The maximum absolute atomic E-state index is 12.3. The molecule has 2 amide bonds. The SMILES string of the molecule is NCC(=O)N(CC1CCCN(C(=O)OCc2ccccc2)C1)C1CC1. The summed E-state index contributed by atoms with van der Waals surface area (Å²) in [5.41, 5.74) is 6.52. The van der Waals surface area contributed by atoms with Crippen LogP contribution in [0.2, 0.25) is 0 Å². The van der Waals surface area contributed by atoms with E-state index in [1.54, 1.807) is 4.90 Å². The Hall–Kier alpha value is -2.08. The van der Waals surface area contributed by atoms with E-state index in [2.05, 4.69) is 0 Å². The fourth-order valence-electron chi connectivity index (χ4n) is 3.43. The van der Waals surface area contributed by atoms with Gasteiger partial charge in [-0.1, -0.05) is 30.3 Å². The summed E-state index contributed by atoms with van der Waals surface area (Å²) in [4.78, 5) is 28.1. The van der Waals surface area contributed by atoms with E-state index in [1.807, 2.05) is 35.2 Å². The Morgan fingerprint density at radius 2 is 1.96 bits per heavy atom. The minimum absolute atomic E-state index is 0.0197. The topological polar surface area (TPSA) is 75.9 Å². The molecule has 25 heavy (non-hydrogen) atoms. The van der Waals surface area contributed by atoms with Gasteiger partial charge in [-0.25, -0.2) is 4.79 Å². The second-order valence-electron chi connectivity index (χ2n) is 6.98. The highest BCUT2D eigenvalue weighted by atomic mass is 16.6. The van der Waals surface area contributed by atoms with Gasteiger partial charge in [0.25, 0.3) is 0 Å². The van der Waals surface area contributed by atoms with Crippen LogP contribution in [0.3, 0.4) is 0 Å². The zero-order valence-corrected chi connectivity index (χ0v) is 14.6. The van der Waals surface area contributed by atoms with Gasteiger partial charge in [-0.3, -0.25) is 4.79 Å². The third kappa shape index (κ3) is 4.95. The molecule has 1 atom stereocenters. The lowest BCUT2D eigenvalue weighted by Crippen LogP contribution is -2.47. The Balaban J connectivity index is 1.50. The molecule has 1 saturated heterocycles. The van der Waals surface area contributed by atoms with Crippen molar-refractivity contribution in [2.24, 2.45) is 11.7 Å². The normalized spacial score (nSPS) is 20.2. The van der Waals surface area contributed by atoms with Crippen molar-refractivity contribution in [2.75, 3.05) is 26.2 Å².